The summed E-state index contributed by atoms with van der Waals surface area (Å²) in [6, 6.07) is 10.8. The molecule has 0 atom stereocenters. The van der Waals surface area contributed by atoms with Crippen LogP contribution in [0.15, 0.2) is 63.5 Å². The molecule has 36 heavy (non-hydrogen) atoms. The number of pyridine rings is 3. The molecule has 0 amide bonds. The van der Waals surface area contributed by atoms with Crippen molar-refractivity contribution in [3.05, 3.63) is 75.1 Å². The largest absolute Gasteiger partial charge is 0.490 e. The zero-order valence-corrected chi connectivity index (χ0v) is 20.2. The first kappa shape index (κ1) is 22.4. The van der Waals surface area contributed by atoms with Crippen molar-refractivity contribution in [2.45, 2.75) is 25.0 Å². The fraction of sp³-hybridized carbons (Fsp3) is 0.240. The van der Waals surface area contributed by atoms with Gasteiger partial charge in [-0.3, -0.25) is 14.2 Å². The van der Waals surface area contributed by atoms with Crippen molar-refractivity contribution in [1.82, 2.24) is 29.3 Å². The predicted octanol–water partition coefficient (Wildman–Crippen LogP) is 3.14. The van der Waals surface area contributed by atoms with Gasteiger partial charge in [-0.25, -0.2) is 10.1 Å². The van der Waals surface area contributed by atoms with Gasteiger partial charge >= 0.3 is 0 Å². The summed E-state index contributed by atoms with van der Waals surface area (Å²) in [4.78, 5) is 35.6. The summed E-state index contributed by atoms with van der Waals surface area (Å²) < 4.78 is 14.5. The number of aromatic amines is 1. The van der Waals surface area contributed by atoms with Crippen LogP contribution in [0.25, 0.3) is 27.8 Å². The van der Waals surface area contributed by atoms with Gasteiger partial charge in [0.1, 0.15) is 0 Å². The van der Waals surface area contributed by atoms with E-state index >= 15 is 0 Å². The Kier molecular flexibility index (Phi) is 5.68. The molecule has 0 fully saturated rings. The van der Waals surface area contributed by atoms with E-state index in [9.17, 15) is 9.59 Å². The zero-order valence-electron chi connectivity index (χ0n) is 19.4. The lowest BCUT2D eigenvalue weighted by atomic mass is 10.1. The molecule has 1 N–H and O–H groups in total. The van der Waals surface area contributed by atoms with E-state index < -0.39 is 0 Å². The van der Waals surface area contributed by atoms with E-state index in [1.54, 1.807) is 35.2 Å². The third kappa shape index (κ3) is 4.01. The Morgan fingerprint density at radius 2 is 1.72 bits per heavy atom. The molecule has 1 aromatic carbocycles. The van der Waals surface area contributed by atoms with Crippen molar-refractivity contribution < 1.29 is 9.47 Å². The van der Waals surface area contributed by atoms with Gasteiger partial charge < -0.3 is 14.0 Å². The highest BCUT2D eigenvalue weighted by Gasteiger charge is 2.14. The number of H-pyrrole nitrogens is 1. The first-order valence-electron chi connectivity index (χ1n) is 11.6. The molecule has 0 radical (unpaired) electrons. The molecule has 0 saturated heterocycles. The smallest absolute Gasteiger partial charge is 0.266 e. The van der Waals surface area contributed by atoms with Crippen molar-refractivity contribution in [1.29, 1.82) is 0 Å². The fourth-order valence-electron chi connectivity index (χ4n) is 4.20. The van der Waals surface area contributed by atoms with Crippen molar-refractivity contribution in [3.8, 4) is 17.4 Å². The molecule has 4 aromatic heterocycles. The average molecular weight is 503 g/mol. The average Bonchev–Trinajstić information content (AvgIpc) is 3.21. The van der Waals surface area contributed by atoms with Crippen LogP contribution in [0.2, 0.25) is 0 Å². The molecule has 10 nitrogen and oxygen atoms in total. The van der Waals surface area contributed by atoms with Crippen molar-refractivity contribution in [3.63, 3.8) is 0 Å². The number of nitrogens with zero attached hydrogens (tertiary/aromatic N) is 5. The summed E-state index contributed by atoms with van der Waals surface area (Å²) in [6.07, 6.45) is 4.15. The van der Waals surface area contributed by atoms with Crippen LogP contribution in [0.4, 0.5) is 0 Å². The van der Waals surface area contributed by atoms with Crippen molar-refractivity contribution in [2.75, 3.05) is 19.0 Å². The van der Waals surface area contributed by atoms with Gasteiger partial charge in [0, 0.05) is 18.8 Å². The summed E-state index contributed by atoms with van der Waals surface area (Å²) in [7, 11) is 0. The van der Waals surface area contributed by atoms with E-state index in [0.717, 1.165) is 17.7 Å². The van der Waals surface area contributed by atoms with Gasteiger partial charge in [-0.05, 0) is 41.6 Å². The predicted molar refractivity (Wildman–Crippen MR) is 137 cm³/mol. The Morgan fingerprint density at radius 1 is 0.944 bits per heavy atom. The minimum absolute atomic E-state index is 0.231. The monoisotopic (exact) mass is 502 g/mol. The SMILES string of the molecule is CCSc1n[nH]c(-n2ccc3nc4ccn(Cc5ccc6c(c5)OCCCO6)c(=O)c4cc3c2=O)n1. The maximum atomic E-state index is 13.4. The van der Waals surface area contributed by atoms with E-state index in [-0.39, 0.29) is 11.1 Å². The van der Waals surface area contributed by atoms with Crippen LogP contribution in [0.1, 0.15) is 18.9 Å². The maximum Gasteiger partial charge on any atom is 0.266 e. The van der Waals surface area contributed by atoms with Gasteiger partial charge in [-0.15, -0.1) is 5.10 Å². The third-order valence-corrected chi connectivity index (χ3v) is 6.66. The maximum absolute atomic E-state index is 13.4. The Hall–Kier alpha value is -4.12. The Bertz CT molecular complexity index is 1720. The lowest BCUT2D eigenvalue weighted by Gasteiger charge is -2.11. The molecule has 0 unspecified atom stereocenters. The Balaban J connectivity index is 1.40. The molecule has 11 heteroatoms. The highest BCUT2D eigenvalue weighted by molar-refractivity contribution is 7.99. The second-order valence-corrected chi connectivity index (χ2v) is 9.53. The Labute approximate surface area is 208 Å². The van der Waals surface area contributed by atoms with Crippen molar-refractivity contribution in [2.24, 2.45) is 0 Å². The molecule has 0 saturated carbocycles. The van der Waals surface area contributed by atoms with Gasteiger partial charge in [0.15, 0.2) is 11.5 Å². The first-order valence-corrected chi connectivity index (χ1v) is 12.6. The molecular formula is C25H22N6O4S. The molecule has 0 aliphatic carbocycles. The number of thioether (sulfide) groups is 1. The second-order valence-electron chi connectivity index (χ2n) is 8.30. The number of nitrogens with one attached hydrogen (secondary N) is 1. The van der Waals surface area contributed by atoms with Crippen LogP contribution in [0.5, 0.6) is 11.5 Å². The van der Waals surface area contributed by atoms with Crippen molar-refractivity contribution >= 4 is 33.6 Å². The number of ether oxygens (including phenoxy) is 2. The molecule has 6 rings (SSSR count). The normalized spacial score (nSPS) is 13.2. The van der Waals surface area contributed by atoms with Gasteiger partial charge in [0.25, 0.3) is 11.1 Å². The van der Waals surface area contributed by atoms with E-state index in [0.29, 0.717) is 64.2 Å². The quantitative estimate of drug-likeness (QED) is 0.288. The Morgan fingerprint density at radius 3 is 2.56 bits per heavy atom. The molecular weight excluding hydrogens is 480 g/mol. The standard InChI is InChI=1S/C25H22N6O4S/c1-2-36-25-27-24(28-29-25)31-9-7-19-17(23(31)33)13-16-18(26-19)6-8-30(22(16)32)14-15-4-5-20-21(12-15)35-11-3-10-34-20/h4-9,12-13H,2-3,10-11,14H2,1H3,(H,27,28,29). The first-order chi connectivity index (χ1) is 17.6. The van der Waals surface area contributed by atoms with Crippen LogP contribution in [0.3, 0.4) is 0 Å². The lowest BCUT2D eigenvalue weighted by molar-refractivity contribution is 0.297. The van der Waals surface area contributed by atoms with Gasteiger partial charge in [-0.2, -0.15) is 4.98 Å². The summed E-state index contributed by atoms with van der Waals surface area (Å²) in [6.45, 7) is 3.56. The lowest BCUT2D eigenvalue weighted by Crippen LogP contribution is -2.22. The van der Waals surface area contributed by atoms with E-state index in [1.807, 2.05) is 25.1 Å². The topological polar surface area (TPSA) is 117 Å². The van der Waals surface area contributed by atoms with Crippen LogP contribution < -0.4 is 20.6 Å². The molecule has 0 spiro atoms. The zero-order chi connectivity index (χ0) is 24.6. The summed E-state index contributed by atoms with van der Waals surface area (Å²) in [5, 5.41) is 8.19. The highest BCUT2D eigenvalue weighted by atomic mass is 32.2. The summed E-state index contributed by atoms with van der Waals surface area (Å²) in [5.74, 6) is 2.53. The molecule has 5 aromatic rings. The van der Waals surface area contributed by atoms with Crippen LogP contribution in [-0.2, 0) is 6.54 Å². The fourth-order valence-corrected chi connectivity index (χ4v) is 4.72. The molecule has 0 bridgehead atoms. The van der Waals surface area contributed by atoms with E-state index in [4.69, 9.17) is 9.47 Å². The third-order valence-electron chi connectivity index (χ3n) is 5.94. The summed E-state index contributed by atoms with van der Waals surface area (Å²) in [5.41, 5.74) is 1.38. The number of rotatable bonds is 5. The van der Waals surface area contributed by atoms with Crippen LogP contribution >= 0.6 is 11.8 Å². The van der Waals surface area contributed by atoms with Gasteiger partial charge in [0.2, 0.25) is 11.1 Å². The number of benzene rings is 1. The minimum Gasteiger partial charge on any atom is -0.490 e. The number of hydrogen-bond donors (Lipinski definition) is 1. The highest BCUT2D eigenvalue weighted by Crippen LogP contribution is 2.30. The molecule has 1 aliphatic rings. The number of hydrogen-bond acceptors (Lipinski definition) is 8. The van der Waals surface area contributed by atoms with Crippen LogP contribution in [0, 0.1) is 0 Å². The number of fused-ring (bicyclic) bond motifs is 3. The summed E-state index contributed by atoms with van der Waals surface area (Å²) >= 11 is 1.47. The van der Waals surface area contributed by atoms with Gasteiger partial charge in [-0.1, -0.05) is 24.8 Å². The number of aromatic nitrogens is 6. The molecule has 182 valence electrons. The van der Waals surface area contributed by atoms with Crippen LogP contribution in [-0.4, -0.2) is 48.3 Å². The minimum atomic E-state index is -0.330. The second kappa shape index (κ2) is 9.15. The molecule has 1 aliphatic heterocycles. The van der Waals surface area contributed by atoms with Gasteiger partial charge in [0.05, 0.1) is 41.6 Å². The van der Waals surface area contributed by atoms with E-state index in [1.165, 1.54) is 16.3 Å². The van der Waals surface area contributed by atoms with E-state index in [2.05, 4.69) is 20.2 Å². The molecule has 5 heterocycles.